The quantitative estimate of drug-likeness (QED) is 0.0164. The van der Waals surface area contributed by atoms with Crippen LogP contribution in [0.3, 0.4) is 0 Å². The van der Waals surface area contributed by atoms with Gasteiger partial charge >= 0.3 is 5.97 Å². The van der Waals surface area contributed by atoms with Gasteiger partial charge in [0.2, 0.25) is 35.4 Å². The summed E-state index contributed by atoms with van der Waals surface area (Å²) in [5.74, 6) is -1.11. The van der Waals surface area contributed by atoms with E-state index in [1.807, 2.05) is 161 Å². The number of carbonyl (C=O) groups excluding carboxylic acids is 9. The summed E-state index contributed by atoms with van der Waals surface area (Å²) >= 11 is 15.5. The van der Waals surface area contributed by atoms with Crippen molar-refractivity contribution in [1.82, 2.24) is 60.1 Å². The maximum absolute atomic E-state index is 14.1. The van der Waals surface area contributed by atoms with Gasteiger partial charge < -0.3 is 71.3 Å². The molecule has 4 aliphatic heterocycles. The number of nitrogens with zero attached hydrogens (tertiary/aromatic N) is 12. The highest BCUT2D eigenvalue weighted by Crippen LogP contribution is 2.46. The number of aryl methyl sites for hydroxylation is 2. The molecule has 4 aromatic carbocycles. The molecule has 0 spiro atoms. The molecule has 9 N–H and O–H groups in total. The number of fused-ring (bicyclic) bond motifs is 2. The van der Waals surface area contributed by atoms with Gasteiger partial charge in [-0.25, -0.2) is 29.9 Å². The third kappa shape index (κ3) is 33.2. The zero-order valence-corrected chi connectivity index (χ0v) is 91.7. The number of hydrogen-bond acceptors (Lipinski definition) is 25. The molecule has 12 atom stereocenters. The van der Waals surface area contributed by atoms with Crippen molar-refractivity contribution in [3.8, 4) is 20.9 Å². The van der Waals surface area contributed by atoms with Gasteiger partial charge in [0, 0.05) is 169 Å². The third-order valence-electron chi connectivity index (χ3n) is 29.8. The maximum atomic E-state index is 14.1. The Morgan fingerprint density at radius 1 is 0.432 bits per heavy atom. The Labute approximate surface area is 896 Å². The van der Waals surface area contributed by atoms with E-state index in [4.69, 9.17) is 34.0 Å². The van der Waals surface area contributed by atoms with Gasteiger partial charge in [-0.05, 0) is 165 Å². The maximum Gasteiger partial charge on any atom is 0.303 e. The van der Waals surface area contributed by atoms with Gasteiger partial charge in [0.15, 0.2) is 0 Å². The third-order valence-corrected chi connectivity index (χ3v) is 32.2. The molecule has 8 aromatic rings. The van der Waals surface area contributed by atoms with Crippen molar-refractivity contribution in [2.45, 2.75) is 322 Å². The van der Waals surface area contributed by atoms with Crippen LogP contribution in [-0.4, -0.2) is 230 Å². The number of aliphatic hydroxyl groups is 4. The molecule has 14 rings (SSSR count). The molecule has 0 unspecified atom stereocenters. The fourth-order valence-corrected chi connectivity index (χ4v) is 23.0. The first-order valence-corrected chi connectivity index (χ1v) is 55.5. The number of carboxylic acids is 1. The van der Waals surface area contributed by atoms with Crippen LogP contribution in [0.5, 0.6) is 0 Å². The molecule has 35 heteroatoms. The van der Waals surface area contributed by atoms with Crippen molar-refractivity contribution in [2.24, 2.45) is 28.4 Å². The number of likely N-dealkylation sites (tertiary alicyclic amines) is 2. The zero-order valence-electron chi connectivity index (χ0n) is 87.7. The minimum atomic E-state index is -0.816. The molecule has 8 heterocycles. The van der Waals surface area contributed by atoms with Gasteiger partial charge in [0.1, 0.15) is 53.7 Å². The first-order chi connectivity index (χ1) is 70.3. The summed E-state index contributed by atoms with van der Waals surface area (Å²) in [6.07, 6.45) is 18.5. The minimum Gasteiger partial charge on any atom is -0.481 e. The lowest BCUT2D eigenvalue weighted by molar-refractivity contribution is -0.146. The van der Waals surface area contributed by atoms with Crippen LogP contribution in [0.4, 0.5) is 11.6 Å². The van der Waals surface area contributed by atoms with Gasteiger partial charge in [-0.1, -0.05) is 209 Å². The number of unbranched alkanes of at least 4 members (excludes halogenated alkanes) is 11. The van der Waals surface area contributed by atoms with Crippen molar-refractivity contribution in [1.29, 1.82) is 0 Å². The standard InChI is InChI=1S/C58H78ClN7O7S.C30H44N4O4S.C25H31ClN4O4.ClH/c1-38-31-50(70)52-51(38)54(62-36-61-52)64-27-29-65(30-28-64)56(72)47(41-23-25-43(59)26-24-41)18-14-13-16-44(67)15-11-9-7-6-8-10-12-17-45(68)32-48(58(3,4)5)57(73)66-35-46(69)33-49(66)55(71)60-34-40-19-21-42(22-20-40)53-39(2)63-37-74-53;1-20-27(39-19-33-20)22-12-10-21(11-13-22)17-32-28(37)26-16-24(36)18-34(26)29(38)25(30(2,3)4)15-23(35)9-7-5-6-8-14-31;1-16-14-20(31)23-22(16)24(28-15-27-23)29-10-12-30(13-11-29)25(34)19(4-2-3-5-21(32)33)17-6-8-18(26)9-7-17;/h19-26,36-38,46-50,69-70H,6-18,27-35H2,1-5H3,(H,60,71);10-13,19,24-26,36H,5-9,14-18,31H2,1-4H3,(H,32,37);6-9,15-16,19-20,31H,2-5,10-14H2,1H3,(H,32,33);1H/t38-,46-,47-,48-,49+,50-;24-,25-,26+;16-,19-,20-;/m111./s1. The van der Waals surface area contributed by atoms with E-state index in [1.54, 1.807) is 34.8 Å². The molecule has 4 fully saturated rings. The summed E-state index contributed by atoms with van der Waals surface area (Å²) in [7, 11) is 0. The lowest BCUT2D eigenvalue weighted by atomic mass is 9.76. The van der Waals surface area contributed by atoms with Crippen LogP contribution in [0.25, 0.3) is 20.9 Å². The van der Waals surface area contributed by atoms with Crippen LogP contribution < -0.4 is 26.2 Å². The predicted molar refractivity (Wildman–Crippen MR) is 582 cm³/mol. The molecule has 0 bridgehead atoms. The van der Waals surface area contributed by atoms with Gasteiger partial charge in [0.05, 0.1) is 79.8 Å². The largest absolute Gasteiger partial charge is 0.481 e. The number of piperazine rings is 2. The first kappa shape index (κ1) is 118. The number of nitrogens with two attached hydrogens (primary N) is 1. The summed E-state index contributed by atoms with van der Waals surface area (Å²) in [5, 5.41) is 57.9. The fraction of sp³-hybridized carbons (Fsp3) is 0.575. The molecule has 6 aliphatic rings. The number of carbonyl (C=O) groups is 10. The first-order valence-electron chi connectivity index (χ1n) is 53.0. The number of hydrogen-bond donors (Lipinski definition) is 8. The van der Waals surface area contributed by atoms with Gasteiger partial charge in [-0.3, -0.25) is 47.9 Å². The molecule has 30 nitrogen and oxygen atoms in total. The highest BCUT2D eigenvalue weighted by atomic mass is 35.5. The number of amides is 6. The number of aromatic nitrogens is 6. The predicted octanol–water partition coefficient (Wildman–Crippen LogP) is 18.5. The van der Waals surface area contributed by atoms with E-state index in [2.05, 4.69) is 64.2 Å². The van der Waals surface area contributed by atoms with E-state index < -0.39 is 65.1 Å². The number of aliphatic hydroxyl groups excluding tert-OH is 4. The number of β-amino-alcohol motifs (C(OH)–C–C–N with tert-alkyl or cyclic N) is 2. The van der Waals surface area contributed by atoms with E-state index in [-0.39, 0.29) is 134 Å². The van der Waals surface area contributed by atoms with Crippen molar-refractivity contribution in [2.75, 3.05) is 81.8 Å². The number of rotatable bonds is 46. The second-order valence-electron chi connectivity index (χ2n) is 43.0. The van der Waals surface area contributed by atoms with Crippen LogP contribution in [0.15, 0.2) is 121 Å². The normalized spacial score (nSPS) is 19.4. The lowest BCUT2D eigenvalue weighted by Gasteiger charge is -2.38. The van der Waals surface area contributed by atoms with Crippen molar-refractivity contribution in [3.63, 3.8) is 0 Å². The molecular weight excluding hydrogens is 1980 g/mol. The SMILES string of the molecule is C[C@@H]1C[C@@H](O)c2ncnc(N3CCN(C(=O)[C@H](CCCCC(=O)O)c4ccc(Cl)cc4)CC3)c21.Cc1ncsc1-c1ccc(CNC(=O)[C@@H]2C[C@@H](O)CN2C(=O)[C@@H](CC(=O)CCCCCCCCCC(=O)CCCC[C@@H](C(=O)N2CCN(c3ncnc4c3[C@H](C)C[C@H]4O)CC2)c2ccc(Cl)cc2)C(C)(C)C)cc1.Cc1ncsc1-c1ccc(CNC(=O)[C@@H]2C[C@@H](O)CN2C(=O)[C@@H](CC(=O)CCCCCCN)C(C)(C)C)cc1.Cl. The second-order valence-corrected chi connectivity index (χ2v) is 45.5. The number of Topliss-reactive ketones (excluding diaryl/α,β-unsaturated/α-hetero) is 3. The molecular formula is C113H154Cl3N15O15S2. The van der Waals surface area contributed by atoms with Crippen LogP contribution in [0, 0.1) is 36.5 Å². The highest BCUT2D eigenvalue weighted by Gasteiger charge is 2.48. The van der Waals surface area contributed by atoms with E-state index in [9.17, 15) is 68.4 Å². The minimum absolute atomic E-state index is 0. The number of carboxylic acid groups (broad SMARTS) is 1. The Hall–Kier alpha value is -10.1. The van der Waals surface area contributed by atoms with Crippen LogP contribution in [-0.2, 0) is 61.0 Å². The van der Waals surface area contributed by atoms with E-state index in [0.29, 0.717) is 146 Å². The Bertz CT molecular complexity index is 5690. The summed E-state index contributed by atoms with van der Waals surface area (Å²) < 4.78 is 0. The molecule has 2 aliphatic carbocycles. The number of anilines is 2. The number of benzene rings is 4. The summed E-state index contributed by atoms with van der Waals surface area (Å²) in [6.45, 7) is 26.2. The lowest BCUT2D eigenvalue weighted by Crippen LogP contribution is -2.50. The molecule has 6 amide bonds. The van der Waals surface area contributed by atoms with Crippen LogP contribution in [0.1, 0.15) is 327 Å². The molecule has 0 saturated carbocycles. The Morgan fingerprint density at radius 3 is 1.12 bits per heavy atom. The number of aliphatic carboxylic acids is 1. The average Bonchev–Trinajstić information content (AvgIpc) is 1.64. The monoisotopic (exact) mass is 2130 g/mol. The van der Waals surface area contributed by atoms with Gasteiger partial charge in [-0.2, -0.15) is 0 Å². The molecule has 4 aromatic heterocycles. The van der Waals surface area contributed by atoms with Crippen molar-refractivity contribution >= 4 is 129 Å². The van der Waals surface area contributed by atoms with E-state index in [1.165, 1.54) is 22.5 Å². The Kier molecular flexibility index (Phi) is 45.4. The van der Waals surface area contributed by atoms with E-state index in [0.717, 1.165) is 172 Å². The highest BCUT2D eigenvalue weighted by molar-refractivity contribution is 7.13. The van der Waals surface area contributed by atoms with Crippen LogP contribution >= 0.6 is 58.3 Å². The zero-order chi connectivity index (χ0) is 106. The number of ketones is 3. The summed E-state index contributed by atoms with van der Waals surface area (Å²) in [5.41, 5.74) is 19.5. The average molecular weight is 2130 g/mol. The topological polar surface area (TPSA) is 419 Å². The number of nitrogens with one attached hydrogen (secondary N) is 2. The summed E-state index contributed by atoms with van der Waals surface area (Å²) in [4.78, 5) is 172. The Balaban J connectivity index is 0.000000235. The Morgan fingerprint density at radius 2 is 0.777 bits per heavy atom. The molecule has 4 saturated heterocycles. The van der Waals surface area contributed by atoms with Gasteiger partial charge in [0.25, 0.3) is 0 Å². The number of thiazole rings is 2. The second kappa shape index (κ2) is 56.8. The fourth-order valence-electron chi connectivity index (χ4n) is 21.2. The molecule has 0 radical (unpaired) electrons. The smallest absolute Gasteiger partial charge is 0.303 e. The van der Waals surface area contributed by atoms with Crippen LogP contribution in [0.2, 0.25) is 10.0 Å². The molecule has 804 valence electrons. The molecule has 148 heavy (non-hydrogen) atoms. The number of halogens is 3. The summed E-state index contributed by atoms with van der Waals surface area (Å²) in [6, 6.07) is 29.2. The van der Waals surface area contributed by atoms with Crippen molar-refractivity contribution < 1.29 is 73.5 Å². The van der Waals surface area contributed by atoms with Gasteiger partial charge in [-0.15, -0.1) is 35.1 Å². The van der Waals surface area contributed by atoms with E-state index >= 15 is 0 Å². The van der Waals surface area contributed by atoms with Crippen molar-refractivity contribution in [3.05, 3.63) is 187 Å².